The molecule has 3 heterocycles. The number of likely N-dealkylation sites (tertiary alicyclic amines) is 1. The van der Waals surface area contributed by atoms with Gasteiger partial charge in [-0.05, 0) is 51.1 Å². The van der Waals surface area contributed by atoms with Gasteiger partial charge in [-0.1, -0.05) is 0 Å². The van der Waals surface area contributed by atoms with E-state index in [1.54, 1.807) is 12.4 Å². The summed E-state index contributed by atoms with van der Waals surface area (Å²) in [4.78, 5) is 14.7. The van der Waals surface area contributed by atoms with Crippen LogP contribution in [0.3, 0.4) is 0 Å². The lowest BCUT2D eigenvalue weighted by Crippen LogP contribution is -2.40. The normalized spacial score (nSPS) is 22.7. The minimum atomic E-state index is 0.0370. The summed E-state index contributed by atoms with van der Waals surface area (Å²) in [6.45, 7) is 4.47. The second-order valence-electron chi connectivity index (χ2n) is 7.37. The Morgan fingerprint density at radius 2 is 2.24 bits per heavy atom. The highest BCUT2D eigenvalue weighted by atomic mass is 16.2. The lowest BCUT2D eigenvalue weighted by Gasteiger charge is -2.31. The van der Waals surface area contributed by atoms with Crippen molar-refractivity contribution in [2.24, 2.45) is 5.92 Å². The number of carbonyl (C=O) groups excluding carboxylic acids is 1. The van der Waals surface area contributed by atoms with E-state index in [1.165, 1.54) is 18.5 Å². The van der Waals surface area contributed by atoms with Crippen LogP contribution in [-0.4, -0.2) is 50.4 Å². The summed E-state index contributed by atoms with van der Waals surface area (Å²) >= 11 is 0. The van der Waals surface area contributed by atoms with Gasteiger partial charge in [-0.15, -0.1) is 0 Å². The van der Waals surface area contributed by atoms with Crippen molar-refractivity contribution in [3.63, 3.8) is 0 Å². The number of piperidine rings is 1. The lowest BCUT2D eigenvalue weighted by atomic mass is 9.95. The molecule has 7 heteroatoms. The van der Waals surface area contributed by atoms with Crippen LogP contribution >= 0.6 is 0 Å². The van der Waals surface area contributed by atoms with Gasteiger partial charge in [0.25, 0.3) is 0 Å². The summed E-state index contributed by atoms with van der Waals surface area (Å²) in [7, 11) is 0. The van der Waals surface area contributed by atoms with Crippen LogP contribution in [0.15, 0.2) is 24.5 Å². The Balaban J connectivity index is 1.34. The third-order valence-corrected chi connectivity index (χ3v) is 5.46. The van der Waals surface area contributed by atoms with Gasteiger partial charge in [0, 0.05) is 30.4 Å². The van der Waals surface area contributed by atoms with Crippen LogP contribution in [0.25, 0.3) is 0 Å². The first kappa shape index (κ1) is 16.3. The second-order valence-corrected chi connectivity index (χ2v) is 7.37. The Morgan fingerprint density at radius 1 is 1.36 bits per heavy atom. The van der Waals surface area contributed by atoms with E-state index in [2.05, 4.69) is 32.4 Å². The van der Waals surface area contributed by atoms with Crippen LogP contribution in [0.4, 0.5) is 5.82 Å². The Bertz CT molecular complexity index is 705. The van der Waals surface area contributed by atoms with E-state index in [-0.39, 0.29) is 5.91 Å². The molecule has 2 aromatic heterocycles. The van der Waals surface area contributed by atoms with Gasteiger partial charge < -0.3 is 5.32 Å². The predicted molar refractivity (Wildman–Crippen MR) is 95.3 cm³/mol. The minimum absolute atomic E-state index is 0.0370. The van der Waals surface area contributed by atoms with Crippen LogP contribution in [0.5, 0.6) is 0 Å². The molecule has 25 heavy (non-hydrogen) atoms. The second kappa shape index (κ2) is 7.00. The molecule has 1 aliphatic heterocycles. The number of hydrogen-bond donors (Lipinski definition) is 2. The van der Waals surface area contributed by atoms with Gasteiger partial charge in [0.2, 0.25) is 5.91 Å². The summed E-state index contributed by atoms with van der Waals surface area (Å²) in [6.07, 6.45) is 8.33. The van der Waals surface area contributed by atoms with Crippen molar-refractivity contribution in [3.05, 3.63) is 30.2 Å². The highest BCUT2D eigenvalue weighted by molar-refractivity contribution is 5.91. The Morgan fingerprint density at radius 3 is 3.00 bits per heavy atom. The zero-order valence-corrected chi connectivity index (χ0v) is 14.7. The average Bonchev–Trinajstić information content (AvgIpc) is 3.12. The van der Waals surface area contributed by atoms with E-state index < -0.39 is 0 Å². The summed E-state index contributed by atoms with van der Waals surface area (Å²) in [5.41, 5.74) is 1.17. The molecule has 4 rings (SSSR count). The van der Waals surface area contributed by atoms with Crippen molar-refractivity contribution in [2.75, 3.05) is 25.0 Å². The molecular formula is C18H26N6O. The first-order valence-electron chi connectivity index (χ1n) is 9.25. The Hall–Kier alpha value is -2.15. The topological polar surface area (TPSA) is 78.8 Å². The fraction of sp³-hybridized carbons (Fsp3) is 0.611. The van der Waals surface area contributed by atoms with Gasteiger partial charge in [-0.25, -0.2) is 4.68 Å². The molecule has 2 aromatic rings. The molecule has 0 aromatic carbocycles. The Kier molecular flexibility index (Phi) is 4.57. The van der Waals surface area contributed by atoms with Crippen LogP contribution in [-0.2, 0) is 4.79 Å². The lowest BCUT2D eigenvalue weighted by molar-refractivity contribution is -0.117. The van der Waals surface area contributed by atoms with E-state index in [0.29, 0.717) is 24.4 Å². The predicted octanol–water partition coefficient (Wildman–Crippen LogP) is 2.40. The molecule has 1 saturated carbocycles. The highest BCUT2D eigenvalue weighted by Gasteiger charge is 2.31. The van der Waals surface area contributed by atoms with E-state index in [0.717, 1.165) is 31.7 Å². The van der Waals surface area contributed by atoms with Crippen molar-refractivity contribution >= 4 is 11.7 Å². The number of amides is 1. The number of nitrogens with zero attached hydrogens (tertiary/aromatic N) is 4. The van der Waals surface area contributed by atoms with Gasteiger partial charge in [0.05, 0.1) is 18.8 Å². The molecule has 2 atom stereocenters. The largest absolute Gasteiger partial charge is 0.310 e. The monoisotopic (exact) mass is 342 g/mol. The van der Waals surface area contributed by atoms with Crippen molar-refractivity contribution in [2.45, 2.75) is 44.6 Å². The third kappa shape index (κ3) is 3.76. The van der Waals surface area contributed by atoms with Gasteiger partial charge in [-0.3, -0.25) is 14.8 Å². The summed E-state index contributed by atoms with van der Waals surface area (Å²) < 4.78 is 1.96. The molecular weight excluding hydrogens is 316 g/mol. The summed E-state index contributed by atoms with van der Waals surface area (Å²) in [5, 5.41) is 14.6. The molecule has 0 bridgehead atoms. The maximum absolute atomic E-state index is 12.5. The highest BCUT2D eigenvalue weighted by Crippen LogP contribution is 2.40. The zero-order chi connectivity index (χ0) is 17.2. The zero-order valence-electron chi connectivity index (χ0n) is 14.7. The van der Waals surface area contributed by atoms with Crippen LogP contribution in [0.1, 0.15) is 50.3 Å². The molecule has 2 fully saturated rings. The SMILES string of the molecule is CC(C1CC1)n1nccc1NC(=O)CN1CCCC(c2ccn[nH]2)C1. The van der Waals surface area contributed by atoms with Gasteiger partial charge >= 0.3 is 0 Å². The maximum Gasteiger partial charge on any atom is 0.239 e. The minimum Gasteiger partial charge on any atom is -0.310 e. The molecule has 0 radical (unpaired) electrons. The number of aromatic amines is 1. The van der Waals surface area contributed by atoms with Crippen LogP contribution < -0.4 is 5.32 Å². The van der Waals surface area contributed by atoms with E-state index >= 15 is 0 Å². The number of anilines is 1. The van der Waals surface area contributed by atoms with E-state index in [9.17, 15) is 4.79 Å². The van der Waals surface area contributed by atoms with Crippen LogP contribution in [0, 0.1) is 5.92 Å². The van der Waals surface area contributed by atoms with Crippen molar-refractivity contribution in [1.29, 1.82) is 0 Å². The molecule has 7 nitrogen and oxygen atoms in total. The standard InChI is InChI=1S/C18H26N6O/c1-13(14-4-5-14)24-17(7-9-20-24)21-18(25)12-23-10-2-3-15(11-23)16-6-8-19-22-16/h6-9,13-15H,2-5,10-12H2,1H3,(H,19,22)(H,21,25). The van der Waals surface area contributed by atoms with Crippen molar-refractivity contribution in [3.8, 4) is 0 Å². The van der Waals surface area contributed by atoms with Crippen LogP contribution in [0.2, 0.25) is 0 Å². The molecule has 0 spiro atoms. The molecule has 2 aliphatic rings. The number of rotatable bonds is 6. The molecule has 1 saturated heterocycles. The number of carbonyl (C=O) groups is 1. The number of H-pyrrole nitrogens is 1. The third-order valence-electron chi connectivity index (χ3n) is 5.46. The van der Waals surface area contributed by atoms with Crippen molar-refractivity contribution in [1.82, 2.24) is 24.9 Å². The van der Waals surface area contributed by atoms with Crippen molar-refractivity contribution < 1.29 is 4.79 Å². The summed E-state index contributed by atoms with van der Waals surface area (Å²) in [6, 6.07) is 4.27. The van der Waals surface area contributed by atoms with Gasteiger partial charge in [0.15, 0.2) is 0 Å². The smallest absolute Gasteiger partial charge is 0.239 e. The number of nitrogens with one attached hydrogen (secondary N) is 2. The average molecular weight is 342 g/mol. The number of hydrogen-bond acceptors (Lipinski definition) is 4. The fourth-order valence-electron chi connectivity index (χ4n) is 3.85. The maximum atomic E-state index is 12.5. The number of aromatic nitrogens is 4. The van der Waals surface area contributed by atoms with E-state index in [1.807, 2.05) is 16.8 Å². The fourth-order valence-corrected chi connectivity index (χ4v) is 3.85. The molecule has 2 unspecified atom stereocenters. The first-order valence-corrected chi connectivity index (χ1v) is 9.25. The summed E-state index contributed by atoms with van der Waals surface area (Å²) in [5.74, 6) is 1.99. The quantitative estimate of drug-likeness (QED) is 0.845. The van der Waals surface area contributed by atoms with E-state index in [4.69, 9.17) is 0 Å². The van der Waals surface area contributed by atoms with Gasteiger partial charge in [0.1, 0.15) is 5.82 Å². The molecule has 1 aliphatic carbocycles. The molecule has 1 amide bonds. The molecule has 134 valence electrons. The Labute approximate surface area is 147 Å². The van der Waals surface area contributed by atoms with Gasteiger partial charge in [-0.2, -0.15) is 10.2 Å². The first-order chi connectivity index (χ1) is 12.2. The molecule has 2 N–H and O–H groups in total.